The van der Waals surface area contributed by atoms with E-state index < -0.39 is 23.8 Å². The van der Waals surface area contributed by atoms with E-state index in [1.54, 1.807) is 22.6 Å². The second kappa shape index (κ2) is 6.58. The van der Waals surface area contributed by atoms with Gasteiger partial charge in [0.2, 0.25) is 0 Å². The Kier molecular flexibility index (Phi) is 5.63. The van der Waals surface area contributed by atoms with E-state index in [-0.39, 0.29) is 13.0 Å². The second-order valence-electron chi connectivity index (χ2n) is 4.13. The Morgan fingerprint density at radius 2 is 1.89 bits per heavy atom. The maximum Gasteiger partial charge on any atom is 0.389 e. The first-order chi connectivity index (χ1) is 8.76. The highest BCUT2D eigenvalue weighted by Crippen LogP contribution is 2.21. The number of aromatic nitrogens is 2. The van der Waals surface area contributed by atoms with Crippen molar-refractivity contribution in [1.29, 1.82) is 0 Å². The van der Waals surface area contributed by atoms with E-state index in [0.29, 0.717) is 16.5 Å². The van der Waals surface area contributed by atoms with Crippen LogP contribution in [0.2, 0.25) is 0 Å². The monoisotopic (exact) mass is 390 g/mol. The lowest BCUT2D eigenvalue weighted by molar-refractivity contribution is -0.136. The zero-order valence-corrected chi connectivity index (χ0v) is 12.5. The summed E-state index contributed by atoms with van der Waals surface area (Å²) in [5.74, 6) is 0. The molecule has 108 valence electrons. The molecule has 0 saturated heterocycles. The minimum absolute atomic E-state index is 0.211. The van der Waals surface area contributed by atoms with Gasteiger partial charge in [-0.05, 0) is 35.4 Å². The van der Waals surface area contributed by atoms with Gasteiger partial charge in [0.1, 0.15) is 0 Å². The Bertz CT molecular complexity index is 548. The molecule has 0 aliphatic heterocycles. The molecule has 1 aromatic heterocycles. The van der Waals surface area contributed by atoms with Gasteiger partial charge in [0.05, 0.1) is 3.57 Å². The van der Waals surface area contributed by atoms with Crippen LogP contribution in [0, 0.1) is 3.57 Å². The molecule has 0 saturated carbocycles. The quantitative estimate of drug-likeness (QED) is 0.725. The van der Waals surface area contributed by atoms with Crippen molar-refractivity contribution in [2.75, 3.05) is 0 Å². The van der Waals surface area contributed by atoms with Crippen LogP contribution in [0.3, 0.4) is 0 Å². The van der Waals surface area contributed by atoms with Gasteiger partial charge in [-0.15, -0.1) is 0 Å². The van der Waals surface area contributed by atoms with Gasteiger partial charge in [0.15, 0.2) is 0 Å². The maximum atomic E-state index is 12.1. The van der Waals surface area contributed by atoms with E-state index >= 15 is 0 Å². The Hall–Kier alpha value is -0.800. The summed E-state index contributed by atoms with van der Waals surface area (Å²) in [6.45, 7) is 2.10. The first kappa shape index (κ1) is 16.3. The third-order valence-electron chi connectivity index (χ3n) is 2.50. The lowest BCUT2D eigenvalue weighted by atomic mass is 10.3. The van der Waals surface area contributed by atoms with E-state index in [1.165, 1.54) is 10.8 Å². The van der Waals surface area contributed by atoms with Gasteiger partial charge in [-0.2, -0.15) is 13.2 Å². The van der Waals surface area contributed by atoms with Crippen LogP contribution < -0.4 is 11.2 Å². The van der Waals surface area contributed by atoms with E-state index in [2.05, 4.69) is 0 Å². The SMILES string of the molecule is CCCn1cc(I)c(=O)n(CCCC(F)(F)F)c1=O. The van der Waals surface area contributed by atoms with Gasteiger partial charge in [0, 0.05) is 25.7 Å². The van der Waals surface area contributed by atoms with Crippen molar-refractivity contribution in [3.63, 3.8) is 0 Å². The number of alkyl halides is 3. The molecule has 0 aliphatic carbocycles. The molecule has 0 aliphatic rings. The number of nitrogens with zero attached hydrogens (tertiary/aromatic N) is 2. The van der Waals surface area contributed by atoms with E-state index in [4.69, 9.17) is 0 Å². The van der Waals surface area contributed by atoms with E-state index in [9.17, 15) is 22.8 Å². The lowest BCUT2D eigenvalue weighted by Gasteiger charge is -2.11. The van der Waals surface area contributed by atoms with Crippen molar-refractivity contribution in [2.24, 2.45) is 0 Å². The van der Waals surface area contributed by atoms with Crippen molar-refractivity contribution in [2.45, 2.75) is 45.5 Å². The molecule has 0 spiro atoms. The zero-order valence-electron chi connectivity index (χ0n) is 10.3. The fourth-order valence-corrected chi connectivity index (χ4v) is 2.28. The van der Waals surface area contributed by atoms with Gasteiger partial charge in [-0.1, -0.05) is 6.92 Å². The van der Waals surface area contributed by atoms with Gasteiger partial charge in [0.25, 0.3) is 5.56 Å². The van der Waals surface area contributed by atoms with Crippen molar-refractivity contribution in [3.8, 4) is 0 Å². The van der Waals surface area contributed by atoms with Crippen LogP contribution in [0.25, 0.3) is 0 Å². The van der Waals surface area contributed by atoms with E-state index in [0.717, 1.165) is 4.57 Å². The largest absolute Gasteiger partial charge is 0.389 e. The van der Waals surface area contributed by atoms with Crippen LogP contribution >= 0.6 is 22.6 Å². The zero-order chi connectivity index (χ0) is 14.6. The van der Waals surface area contributed by atoms with Crippen LogP contribution in [0.15, 0.2) is 15.8 Å². The molecule has 0 radical (unpaired) electrons. The second-order valence-corrected chi connectivity index (χ2v) is 5.29. The summed E-state index contributed by atoms with van der Waals surface area (Å²) in [5, 5.41) is 0. The highest BCUT2D eigenvalue weighted by atomic mass is 127. The molecule has 0 bridgehead atoms. The lowest BCUT2D eigenvalue weighted by Crippen LogP contribution is -2.41. The number of rotatable bonds is 5. The molecule has 1 aromatic rings. The summed E-state index contributed by atoms with van der Waals surface area (Å²) >= 11 is 1.78. The Morgan fingerprint density at radius 3 is 2.42 bits per heavy atom. The van der Waals surface area contributed by atoms with Gasteiger partial charge >= 0.3 is 11.9 Å². The molecule has 0 unspecified atom stereocenters. The first-order valence-corrected chi connectivity index (χ1v) is 6.90. The van der Waals surface area contributed by atoms with Crippen molar-refractivity contribution in [1.82, 2.24) is 9.13 Å². The fourth-order valence-electron chi connectivity index (χ4n) is 1.65. The van der Waals surface area contributed by atoms with Gasteiger partial charge < -0.3 is 0 Å². The molecule has 1 rings (SSSR count). The minimum Gasteiger partial charge on any atom is -0.299 e. The third kappa shape index (κ3) is 4.66. The molecule has 0 N–H and O–H groups in total. The fraction of sp³-hybridized carbons (Fsp3) is 0.636. The molecule has 0 aromatic carbocycles. The molecule has 0 amide bonds. The molecule has 0 atom stereocenters. The highest BCUT2D eigenvalue weighted by Gasteiger charge is 2.26. The highest BCUT2D eigenvalue weighted by molar-refractivity contribution is 14.1. The average molecular weight is 390 g/mol. The first-order valence-electron chi connectivity index (χ1n) is 5.82. The standard InChI is InChI=1S/C11H14F3IN2O2/c1-2-5-16-7-8(15)9(18)17(10(16)19)6-3-4-11(12,13)14/h7H,2-6H2,1H3. The summed E-state index contributed by atoms with van der Waals surface area (Å²) in [4.78, 5) is 23.7. The smallest absolute Gasteiger partial charge is 0.299 e. The molecule has 19 heavy (non-hydrogen) atoms. The molecule has 8 heteroatoms. The van der Waals surface area contributed by atoms with Crippen LogP contribution in [0.4, 0.5) is 13.2 Å². The van der Waals surface area contributed by atoms with Crippen molar-refractivity contribution in [3.05, 3.63) is 30.6 Å². The normalized spacial score (nSPS) is 11.8. The average Bonchev–Trinajstić information content (AvgIpc) is 2.29. The van der Waals surface area contributed by atoms with E-state index in [1.807, 2.05) is 6.92 Å². The summed E-state index contributed by atoms with van der Waals surface area (Å²) in [6.07, 6.45) is -3.40. The topological polar surface area (TPSA) is 44.0 Å². The van der Waals surface area contributed by atoms with Crippen molar-refractivity contribution >= 4 is 22.6 Å². The van der Waals surface area contributed by atoms with Crippen LogP contribution in [0.1, 0.15) is 26.2 Å². The maximum absolute atomic E-state index is 12.1. The van der Waals surface area contributed by atoms with Crippen LogP contribution in [-0.2, 0) is 13.1 Å². The Labute approximate surface area is 121 Å². The molecular weight excluding hydrogens is 376 g/mol. The third-order valence-corrected chi connectivity index (χ3v) is 3.24. The van der Waals surface area contributed by atoms with Gasteiger partial charge in [-0.25, -0.2) is 4.79 Å². The van der Waals surface area contributed by atoms with Crippen LogP contribution in [0.5, 0.6) is 0 Å². The summed E-state index contributed by atoms with van der Waals surface area (Å²) in [7, 11) is 0. The molecular formula is C11H14F3IN2O2. The molecule has 1 heterocycles. The summed E-state index contributed by atoms with van der Waals surface area (Å²) in [6, 6.07) is 0. The summed E-state index contributed by atoms with van der Waals surface area (Å²) < 4.78 is 38.8. The minimum atomic E-state index is -4.27. The number of halogens is 4. The number of hydrogen-bond donors (Lipinski definition) is 0. The number of aryl methyl sites for hydroxylation is 1. The van der Waals surface area contributed by atoms with Crippen LogP contribution in [-0.4, -0.2) is 15.3 Å². The molecule has 0 fully saturated rings. The van der Waals surface area contributed by atoms with Gasteiger partial charge in [-0.3, -0.25) is 13.9 Å². The Balaban J connectivity index is 2.99. The Morgan fingerprint density at radius 1 is 1.26 bits per heavy atom. The summed E-state index contributed by atoms with van der Waals surface area (Å²) in [5.41, 5.74) is -1.07. The number of hydrogen-bond acceptors (Lipinski definition) is 2. The predicted octanol–water partition coefficient (Wildman–Crippen LogP) is 2.37. The predicted molar refractivity (Wildman–Crippen MR) is 73.3 cm³/mol. The van der Waals surface area contributed by atoms with Crippen molar-refractivity contribution < 1.29 is 13.2 Å². The molecule has 4 nitrogen and oxygen atoms in total.